The molecule has 2 heterocycles. The first-order chi connectivity index (χ1) is 9.22. The summed E-state index contributed by atoms with van der Waals surface area (Å²) in [5, 5.41) is 0. The van der Waals surface area contributed by atoms with Crippen molar-refractivity contribution in [3.8, 4) is 5.88 Å². The van der Waals surface area contributed by atoms with Gasteiger partial charge in [0.25, 0.3) is 0 Å². The van der Waals surface area contributed by atoms with Crippen molar-refractivity contribution in [1.29, 1.82) is 0 Å². The molecule has 0 aromatic carbocycles. The topological polar surface area (TPSA) is 66.0 Å². The van der Waals surface area contributed by atoms with Gasteiger partial charge in [-0.1, -0.05) is 13.0 Å². The summed E-state index contributed by atoms with van der Waals surface area (Å²) in [7, 11) is 1.63. The fourth-order valence-electron chi connectivity index (χ4n) is 1.94. The van der Waals surface area contributed by atoms with Crippen molar-refractivity contribution in [2.24, 2.45) is 5.73 Å². The minimum Gasteiger partial charge on any atom is -0.481 e. The smallest absolute Gasteiger partial charge is 0.218 e. The SMILES string of the molecule is CCC(N)Cc1cn(Cc2cccnc2OC)cn1. The number of pyridine rings is 1. The van der Waals surface area contributed by atoms with E-state index in [1.807, 2.05) is 29.2 Å². The molecule has 0 spiro atoms. The van der Waals surface area contributed by atoms with Gasteiger partial charge in [-0.25, -0.2) is 9.97 Å². The summed E-state index contributed by atoms with van der Waals surface area (Å²) in [6.45, 7) is 2.79. The Labute approximate surface area is 113 Å². The minimum absolute atomic E-state index is 0.177. The summed E-state index contributed by atoms with van der Waals surface area (Å²) in [5.74, 6) is 0.656. The van der Waals surface area contributed by atoms with Crippen LogP contribution in [0.5, 0.6) is 5.88 Å². The van der Waals surface area contributed by atoms with Crippen LogP contribution in [-0.2, 0) is 13.0 Å². The summed E-state index contributed by atoms with van der Waals surface area (Å²) < 4.78 is 7.27. The first-order valence-corrected chi connectivity index (χ1v) is 6.47. The van der Waals surface area contributed by atoms with E-state index < -0.39 is 0 Å². The molecule has 0 fully saturated rings. The normalized spacial score (nSPS) is 12.4. The molecule has 0 bridgehead atoms. The fourth-order valence-corrected chi connectivity index (χ4v) is 1.94. The maximum Gasteiger partial charge on any atom is 0.218 e. The van der Waals surface area contributed by atoms with Gasteiger partial charge in [0.1, 0.15) is 0 Å². The van der Waals surface area contributed by atoms with Crippen molar-refractivity contribution in [2.45, 2.75) is 32.4 Å². The van der Waals surface area contributed by atoms with Gasteiger partial charge in [-0.05, 0) is 12.5 Å². The van der Waals surface area contributed by atoms with Crippen molar-refractivity contribution >= 4 is 0 Å². The lowest BCUT2D eigenvalue weighted by molar-refractivity contribution is 0.391. The number of aromatic nitrogens is 3. The van der Waals surface area contributed by atoms with Crippen LogP contribution < -0.4 is 10.5 Å². The van der Waals surface area contributed by atoms with E-state index >= 15 is 0 Å². The highest BCUT2D eigenvalue weighted by atomic mass is 16.5. The Balaban J connectivity index is 2.07. The van der Waals surface area contributed by atoms with Crippen LogP contribution in [0.2, 0.25) is 0 Å². The Kier molecular flexibility index (Phi) is 4.52. The van der Waals surface area contributed by atoms with Crippen LogP contribution >= 0.6 is 0 Å². The van der Waals surface area contributed by atoms with Crippen LogP contribution in [0.1, 0.15) is 24.6 Å². The van der Waals surface area contributed by atoms with Gasteiger partial charge in [0.2, 0.25) is 5.88 Å². The third-order valence-electron chi connectivity index (χ3n) is 3.08. The first-order valence-electron chi connectivity index (χ1n) is 6.47. The highest BCUT2D eigenvalue weighted by Crippen LogP contribution is 2.15. The van der Waals surface area contributed by atoms with Gasteiger partial charge >= 0.3 is 0 Å². The predicted molar refractivity (Wildman–Crippen MR) is 74.1 cm³/mol. The van der Waals surface area contributed by atoms with E-state index in [9.17, 15) is 0 Å². The van der Waals surface area contributed by atoms with Crippen LogP contribution in [0.3, 0.4) is 0 Å². The van der Waals surface area contributed by atoms with Crippen molar-refractivity contribution in [3.05, 3.63) is 42.1 Å². The average molecular weight is 260 g/mol. The van der Waals surface area contributed by atoms with Gasteiger partial charge in [-0.2, -0.15) is 0 Å². The molecular formula is C14H20N4O. The standard InChI is InChI=1S/C14H20N4O/c1-3-12(15)7-13-9-18(10-17-13)8-11-5-4-6-16-14(11)19-2/h4-6,9-10,12H,3,7-8,15H2,1-2H3. The van der Waals surface area contributed by atoms with Crippen LogP contribution in [0.4, 0.5) is 0 Å². The Morgan fingerprint density at radius 2 is 2.26 bits per heavy atom. The summed E-state index contributed by atoms with van der Waals surface area (Å²) in [6.07, 6.45) is 7.35. The summed E-state index contributed by atoms with van der Waals surface area (Å²) in [5.41, 5.74) is 7.99. The summed E-state index contributed by atoms with van der Waals surface area (Å²) >= 11 is 0. The molecule has 2 rings (SSSR count). The molecule has 102 valence electrons. The zero-order valence-corrected chi connectivity index (χ0v) is 11.4. The van der Waals surface area contributed by atoms with Crippen molar-refractivity contribution in [1.82, 2.24) is 14.5 Å². The number of hydrogen-bond donors (Lipinski definition) is 1. The highest BCUT2D eigenvalue weighted by molar-refractivity contribution is 5.25. The van der Waals surface area contributed by atoms with E-state index in [0.29, 0.717) is 12.4 Å². The lowest BCUT2D eigenvalue weighted by Gasteiger charge is -2.07. The average Bonchev–Trinajstić information content (AvgIpc) is 2.86. The molecule has 1 atom stereocenters. The van der Waals surface area contributed by atoms with Crippen molar-refractivity contribution in [2.75, 3.05) is 7.11 Å². The Morgan fingerprint density at radius 1 is 1.42 bits per heavy atom. The van der Waals surface area contributed by atoms with E-state index in [4.69, 9.17) is 10.5 Å². The third-order valence-corrected chi connectivity index (χ3v) is 3.08. The number of rotatable bonds is 6. The fraction of sp³-hybridized carbons (Fsp3) is 0.429. The zero-order valence-electron chi connectivity index (χ0n) is 11.4. The van der Waals surface area contributed by atoms with Gasteiger partial charge in [-0.15, -0.1) is 0 Å². The van der Waals surface area contributed by atoms with Crippen LogP contribution in [0, 0.1) is 0 Å². The molecule has 0 amide bonds. The largest absolute Gasteiger partial charge is 0.481 e. The van der Waals surface area contributed by atoms with Gasteiger partial charge in [0, 0.05) is 30.4 Å². The number of hydrogen-bond acceptors (Lipinski definition) is 4. The van der Waals surface area contributed by atoms with E-state index in [2.05, 4.69) is 16.9 Å². The van der Waals surface area contributed by atoms with E-state index in [1.54, 1.807) is 13.3 Å². The van der Waals surface area contributed by atoms with E-state index in [-0.39, 0.29) is 6.04 Å². The maximum atomic E-state index is 5.93. The second-order valence-corrected chi connectivity index (χ2v) is 4.58. The Morgan fingerprint density at radius 3 is 3.00 bits per heavy atom. The molecule has 0 saturated heterocycles. The molecule has 0 aliphatic carbocycles. The molecule has 1 unspecified atom stereocenters. The molecule has 2 aromatic heterocycles. The molecule has 0 radical (unpaired) electrons. The van der Waals surface area contributed by atoms with Gasteiger partial charge < -0.3 is 15.0 Å². The number of nitrogens with zero attached hydrogens (tertiary/aromatic N) is 3. The summed E-state index contributed by atoms with van der Waals surface area (Å²) in [6, 6.07) is 4.09. The van der Waals surface area contributed by atoms with Gasteiger partial charge in [0.05, 0.1) is 25.7 Å². The molecule has 5 nitrogen and oxygen atoms in total. The monoisotopic (exact) mass is 260 g/mol. The number of nitrogens with two attached hydrogens (primary N) is 1. The molecule has 19 heavy (non-hydrogen) atoms. The molecule has 0 saturated carbocycles. The number of methoxy groups -OCH3 is 1. The van der Waals surface area contributed by atoms with Gasteiger partial charge in [-0.3, -0.25) is 0 Å². The maximum absolute atomic E-state index is 5.93. The molecule has 0 aliphatic rings. The van der Waals surface area contributed by atoms with Crippen LogP contribution in [0.15, 0.2) is 30.9 Å². The summed E-state index contributed by atoms with van der Waals surface area (Å²) in [4.78, 5) is 8.56. The van der Waals surface area contributed by atoms with Crippen LogP contribution in [0.25, 0.3) is 0 Å². The molecule has 5 heteroatoms. The van der Waals surface area contributed by atoms with Crippen molar-refractivity contribution in [3.63, 3.8) is 0 Å². The predicted octanol–water partition coefficient (Wildman–Crippen LogP) is 1.61. The van der Waals surface area contributed by atoms with Gasteiger partial charge in [0.15, 0.2) is 0 Å². The molecule has 0 aliphatic heterocycles. The van der Waals surface area contributed by atoms with E-state index in [1.165, 1.54) is 0 Å². The Hall–Kier alpha value is -1.88. The highest BCUT2D eigenvalue weighted by Gasteiger charge is 2.07. The quantitative estimate of drug-likeness (QED) is 0.857. The van der Waals surface area contributed by atoms with Crippen molar-refractivity contribution < 1.29 is 4.74 Å². The second kappa shape index (κ2) is 6.33. The lowest BCUT2D eigenvalue weighted by atomic mass is 10.1. The molecule has 2 aromatic rings. The minimum atomic E-state index is 0.177. The number of ether oxygens (including phenoxy) is 1. The molecular weight excluding hydrogens is 240 g/mol. The Bertz CT molecular complexity index is 524. The second-order valence-electron chi connectivity index (χ2n) is 4.58. The van der Waals surface area contributed by atoms with Crippen LogP contribution in [-0.4, -0.2) is 27.7 Å². The van der Waals surface area contributed by atoms with E-state index in [0.717, 1.165) is 24.1 Å². The first kappa shape index (κ1) is 13.5. The lowest BCUT2D eigenvalue weighted by Crippen LogP contribution is -2.21. The number of imidazole rings is 1. The zero-order chi connectivity index (χ0) is 13.7. The molecule has 2 N–H and O–H groups in total. The third kappa shape index (κ3) is 3.54.